The second-order valence-electron chi connectivity index (χ2n) is 5.75. The van der Waals surface area contributed by atoms with E-state index in [0.29, 0.717) is 5.78 Å². The van der Waals surface area contributed by atoms with Crippen molar-refractivity contribution >= 4 is 28.9 Å². The monoisotopic (exact) mass is 319 g/mol. The Morgan fingerprint density at radius 2 is 2.10 bits per heavy atom. The van der Waals surface area contributed by atoms with E-state index in [2.05, 4.69) is 53.8 Å². The van der Waals surface area contributed by atoms with Gasteiger partial charge in [0.15, 0.2) is 4.34 Å². The normalized spacial score (nSPS) is 12.2. The minimum absolute atomic E-state index is 0.131. The highest BCUT2D eigenvalue weighted by molar-refractivity contribution is 8.01. The van der Waals surface area contributed by atoms with Gasteiger partial charge in [0.05, 0.1) is 0 Å². The zero-order valence-electron chi connectivity index (χ0n) is 12.5. The molecule has 0 aliphatic rings. The quantitative estimate of drug-likeness (QED) is 0.691. The van der Waals surface area contributed by atoms with Gasteiger partial charge in [-0.05, 0) is 29.7 Å². The van der Waals surface area contributed by atoms with Crippen LogP contribution in [-0.2, 0) is 11.8 Å². The third-order valence-corrected chi connectivity index (χ3v) is 5.55. The highest BCUT2D eigenvalue weighted by atomic mass is 32.2. The molecule has 0 unspecified atom stereocenters. The smallest absolute Gasteiger partial charge is 0.237 e. The zero-order valence-corrected chi connectivity index (χ0v) is 14.1. The van der Waals surface area contributed by atoms with Gasteiger partial charge in [-0.25, -0.2) is 9.97 Å². The van der Waals surface area contributed by atoms with Crippen LogP contribution in [0.25, 0.3) is 5.78 Å². The van der Waals surface area contributed by atoms with Crippen LogP contribution in [0.3, 0.4) is 0 Å². The number of hydrogen-bond donors (Lipinski definition) is 0. The first-order chi connectivity index (χ1) is 9.97. The van der Waals surface area contributed by atoms with Crippen molar-refractivity contribution in [2.75, 3.05) is 0 Å². The Kier molecular flexibility index (Phi) is 3.71. The minimum Gasteiger partial charge on any atom is -0.237 e. The number of aromatic nitrogens is 5. The van der Waals surface area contributed by atoms with Crippen LogP contribution in [0, 0.1) is 0 Å². The SMILES string of the molecule is CCc1cc(Sc2ncc(C(C)(C)C)s2)n2ncnc2n1. The molecular weight excluding hydrogens is 302 g/mol. The van der Waals surface area contributed by atoms with Gasteiger partial charge >= 0.3 is 0 Å². The standard InChI is InChI=1S/C14H17N5S2/c1-5-9-6-11(19-12(18-9)16-8-17-19)21-13-15-7-10(20-13)14(2,3)4/h6-8H,5H2,1-4H3. The molecule has 0 aromatic carbocycles. The maximum Gasteiger partial charge on any atom is 0.253 e. The zero-order chi connectivity index (χ0) is 15.0. The van der Waals surface area contributed by atoms with E-state index in [4.69, 9.17) is 0 Å². The molecule has 3 aromatic rings. The molecule has 0 aliphatic heterocycles. The van der Waals surface area contributed by atoms with Crippen LogP contribution in [0.4, 0.5) is 0 Å². The molecule has 0 fully saturated rings. The third kappa shape index (κ3) is 2.94. The first kappa shape index (κ1) is 14.5. The van der Waals surface area contributed by atoms with Crippen molar-refractivity contribution in [3.63, 3.8) is 0 Å². The van der Waals surface area contributed by atoms with Gasteiger partial charge in [0.2, 0.25) is 0 Å². The van der Waals surface area contributed by atoms with Gasteiger partial charge in [-0.2, -0.15) is 14.6 Å². The summed E-state index contributed by atoms with van der Waals surface area (Å²) in [6, 6.07) is 2.06. The van der Waals surface area contributed by atoms with Crippen molar-refractivity contribution in [2.45, 2.75) is 48.9 Å². The van der Waals surface area contributed by atoms with E-state index >= 15 is 0 Å². The van der Waals surface area contributed by atoms with E-state index in [1.165, 1.54) is 11.2 Å². The number of nitrogens with zero attached hydrogens (tertiary/aromatic N) is 5. The van der Waals surface area contributed by atoms with Crippen LogP contribution in [-0.4, -0.2) is 24.6 Å². The number of fused-ring (bicyclic) bond motifs is 1. The molecule has 7 heteroatoms. The van der Waals surface area contributed by atoms with Crippen molar-refractivity contribution in [1.82, 2.24) is 24.6 Å². The lowest BCUT2D eigenvalue weighted by Crippen LogP contribution is -2.07. The molecule has 0 N–H and O–H groups in total. The van der Waals surface area contributed by atoms with Crippen LogP contribution in [0.5, 0.6) is 0 Å². The molecule has 0 spiro atoms. The first-order valence-corrected chi connectivity index (χ1v) is 8.44. The van der Waals surface area contributed by atoms with Crippen LogP contribution in [0.15, 0.2) is 28.0 Å². The lowest BCUT2D eigenvalue weighted by atomic mass is 9.96. The average Bonchev–Trinajstić information content (AvgIpc) is 3.06. The Bertz CT molecular complexity index is 769. The predicted molar refractivity (Wildman–Crippen MR) is 85.1 cm³/mol. The molecule has 0 atom stereocenters. The molecule has 3 heterocycles. The second kappa shape index (κ2) is 5.38. The molecule has 0 aliphatic carbocycles. The first-order valence-electron chi connectivity index (χ1n) is 6.81. The fourth-order valence-corrected chi connectivity index (χ4v) is 3.92. The number of hydrogen-bond acceptors (Lipinski definition) is 6. The summed E-state index contributed by atoms with van der Waals surface area (Å²) in [5, 5.41) is 5.25. The molecule has 5 nitrogen and oxygen atoms in total. The Labute approximate surface area is 131 Å². The molecule has 0 amide bonds. The Morgan fingerprint density at radius 3 is 2.76 bits per heavy atom. The van der Waals surface area contributed by atoms with Gasteiger partial charge in [-0.1, -0.05) is 27.7 Å². The lowest BCUT2D eigenvalue weighted by Gasteiger charge is -2.14. The summed E-state index contributed by atoms with van der Waals surface area (Å²) < 4.78 is 2.78. The second-order valence-corrected chi connectivity index (χ2v) is 8.05. The van der Waals surface area contributed by atoms with Gasteiger partial charge in [0.25, 0.3) is 5.78 Å². The van der Waals surface area contributed by atoms with Gasteiger partial charge in [0.1, 0.15) is 11.4 Å². The Hall–Kier alpha value is -1.47. The highest BCUT2D eigenvalue weighted by Gasteiger charge is 2.18. The number of rotatable bonds is 3. The highest BCUT2D eigenvalue weighted by Crippen LogP contribution is 2.35. The van der Waals surface area contributed by atoms with Crippen molar-refractivity contribution in [1.29, 1.82) is 0 Å². The molecule has 0 saturated carbocycles. The summed E-state index contributed by atoms with van der Waals surface area (Å²) in [6.07, 6.45) is 4.38. The van der Waals surface area contributed by atoms with E-state index in [1.54, 1.807) is 27.6 Å². The maximum absolute atomic E-state index is 4.52. The molecule has 0 radical (unpaired) electrons. The number of thiazole rings is 1. The summed E-state index contributed by atoms with van der Waals surface area (Å²) in [6.45, 7) is 8.69. The topological polar surface area (TPSA) is 56.0 Å². The third-order valence-electron chi connectivity index (χ3n) is 3.05. The molecular formula is C14H17N5S2. The molecule has 110 valence electrons. The van der Waals surface area contributed by atoms with Crippen LogP contribution in [0.2, 0.25) is 0 Å². The largest absolute Gasteiger partial charge is 0.253 e. The van der Waals surface area contributed by atoms with Crippen molar-refractivity contribution < 1.29 is 0 Å². The Balaban J connectivity index is 1.97. The fraction of sp³-hybridized carbons (Fsp3) is 0.429. The van der Waals surface area contributed by atoms with Gasteiger partial charge in [0, 0.05) is 16.8 Å². The molecule has 0 saturated heterocycles. The van der Waals surface area contributed by atoms with Crippen molar-refractivity contribution in [3.05, 3.63) is 29.2 Å². The predicted octanol–water partition coefficient (Wildman–Crippen LogP) is 3.59. The van der Waals surface area contributed by atoms with Gasteiger partial charge < -0.3 is 0 Å². The molecule has 0 bridgehead atoms. The molecule has 21 heavy (non-hydrogen) atoms. The number of aryl methyl sites for hydroxylation is 1. The summed E-state index contributed by atoms with van der Waals surface area (Å²) >= 11 is 3.35. The fourth-order valence-electron chi connectivity index (χ4n) is 1.83. The van der Waals surface area contributed by atoms with E-state index in [-0.39, 0.29) is 5.41 Å². The van der Waals surface area contributed by atoms with Gasteiger partial charge in [-0.15, -0.1) is 11.3 Å². The minimum atomic E-state index is 0.131. The van der Waals surface area contributed by atoms with Crippen molar-refractivity contribution in [2.24, 2.45) is 0 Å². The maximum atomic E-state index is 4.52. The van der Waals surface area contributed by atoms with Crippen LogP contribution < -0.4 is 0 Å². The summed E-state index contributed by atoms with van der Waals surface area (Å²) in [7, 11) is 0. The Morgan fingerprint density at radius 1 is 1.29 bits per heavy atom. The average molecular weight is 319 g/mol. The van der Waals surface area contributed by atoms with Crippen molar-refractivity contribution in [3.8, 4) is 0 Å². The van der Waals surface area contributed by atoms with Crippen LogP contribution >= 0.6 is 23.1 Å². The summed E-state index contributed by atoms with van der Waals surface area (Å²) in [5.41, 5.74) is 1.15. The van der Waals surface area contributed by atoms with E-state index in [0.717, 1.165) is 21.5 Å². The summed E-state index contributed by atoms with van der Waals surface area (Å²) in [5.74, 6) is 0.643. The van der Waals surface area contributed by atoms with Gasteiger partial charge in [-0.3, -0.25) is 0 Å². The molecule has 3 rings (SSSR count). The lowest BCUT2D eigenvalue weighted by molar-refractivity contribution is 0.602. The van der Waals surface area contributed by atoms with E-state index in [1.807, 2.05) is 6.20 Å². The van der Waals surface area contributed by atoms with E-state index in [9.17, 15) is 0 Å². The van der Waals surface area contributed by atoms with E-state index < -0.39 is 0 Å². The summed E-state index contributed by atoms with van der Waals surface area (Å²) in [4.78, 5) is 14.5. The van der Waals surface area contributed by atoms with Crippen LogP contribution in [0.1, 0.15) is 38.3 Å². The molecule has 3 aromatic heterocycles.